The van der Waals surface area contributed by atoms with Crippen LogP contribution in [0.5, 0.6) is 0 Å². The lowest BCUT2D eigenvalue weighted by Crippen LogP contribution is -2.35. The van der Waals surface area contributed by atoms with Gasteiger partial charge < -0.3 is 10.2 Å². The van der Waals surface area contributed by atoms with Gasteiger partial charge in [0.15, 0.2) is 0 Å². The van der Waals surface area contributed by atoms with Gasteiger partial charge in [-0.2, -0.15) is 4.80 Å². The van der Waals surface area contributed by atoms with Crippen LogP contribution in [0.2, 0.25) is 0 Å². The van der Waals surface area contributed by atoms with Crippen LogP contribution in [-0.2, 0) is 16.1 Å². The summed E-state index contributed by atoms with van der Waals surface area (Å²) >= 11 is 0. The van der Waals surface area contributed by atoms with Crippen LogP contribution in [0.25, 0.3) is 11.4 Å². The number of nitrogens with one attached hydrogen (secondary N) is 1. The molecule has 0 bridgehead atoms. The molecular weight excluding hydrogens is 332 g/mol. The number of likely N-dealkylation sites (tertiary alicyclic amines) is 1. The van der Waals surface area contributed by atoms with Gasteiger partial charge in [0, 0.05) is 31.6 Å². The molecule has 1 N–H and O–H groups in total. The predicted molar refractivity (Wildman–Crippen MR) is 95.9 cm³/mol. The summed E-state index contributed by atoms with van der Waals surface area (Å²) in [6.45, 7) is 2.09. The fraction of sp³-hybridized carbons (Fsp3) is 0.500. The third-order valence-electron chi connectivity index (χ3n) is 4.37. The molecule has 0 atom stereocenters. The van der Waals surface area contributed by atoms with E-state index in [1.807, 2.05) is 35.2 Å². The second kappa shape index (κ2) is 9.07. The molecule has 0 radical (unpaired) electrons. The molecule has 1 fully saturated rings. The van der Waals surface area contributed by atoms with Gasteiger partial charge in [0.05, 0.1) is 0 Å². The van der Waals surface area contributed by atoms with E-state index in [1.165, 1.54) is 4.80 Å². The Labute approximate surface area is 152 Å². The van der Waals surface area contributed by atoms with Gasteiger partial charge in [-0.15, -0.1) is 10.2 Å². The zero-order chi connectivity index (χ0) is 18.2. The highest BCUT2D eigenvalue weighted by Gasteiger charge is 2.16. The average molecular weight is 356 g/mol. The fourth-order valence-corrected chi connectivity index (χ4v) is 2.97. The van der Waals surface area contributed by atoms with E-state index in [0.29, 0.717) is 25.3 Å². The number of hydrogen-bond donors (Lipinski definition) is 1. The predicted octanol–water partition coefficient (Wildman–Crippen LogP) is 1.25. The Kier molecular flexibility index (Phi) is 6.29. The molecule has 138 valence electrons. The molecule has 0 spiro atoms. The number of amides is 2. The van der Waals surface area contributed by atoms with E-state index in [0.717, 1.165) is 37.8 Å². The smallest absolute Gasteiger partial charge is 0.243 e. The summed E-state index contributed by atoms with van der Waals surface area (Å²) in [5.41, 5.74) is 0.862. The van der Waals surface area contributed by atoms with Crippen LogP contribution < -0.4 is 5.32 Å². The molecule has 0 saturated carbocycles. The SMILES string of the molecule is O=C(Cn1nnc(-c2ccccc2)n1)NCCCN1CCCCCC1=O. The second-order valence-corrected chi connectivity index (χ2v) is 6.40. The van der Waals surface area contributed by atoms with Crippen LogP contribution in [0.3, 0.4) is 0 Å². The Bertz CT molecular complexity index is 730. The van der Waals surface area contributed by atoms with Crippen molar-refractivity contribution < 1.29 is 9.59 Å². The van der Waals surface area contributed by atoms with Crippen LogP contribution in [0.4, 0.5) is 0 Å². The van der Waals surface area contributed by atoms with Gasteiger partial charge in [-0.05, 0) is 24.5 Å². The van der Waals surface area contributed by atoms with Gasteiger partial charge in [0.2, 0.25) is 17.6 Å². The highest BCUT2D eigenvalue weighted by Crippen LogP contribution is 2.12. The van der Waals surface area contributed by atoms with Gasteiger partial charge in [-0.3, -0.25) is 9.59 Å². The maximum Gasteiger partial charge on any atom is 0.243 e. The van der Waals surface area contributed by atoms with Crippen LogP contribution >= 0.6 is 0 Å². The lowest BCUT2D eigenvalue weighted by molar-refractivity contribution is -0.130. The molecule has 1 aliphatic rings. The minimum Gasteiger partial charge on any atom is -0.354 e. The fourth-order valence-electron chi connectivity index (χ4n) is 2.97. The summed E-state index contributed by atoms with van der Waals surface area (Å²) in [6, 6.07) is 9.51. The second-order valence-electron chi connectivity index (χ2n) is 6.40. The van der Waals surface area contributed by atoms with Crippen molar-refractivity contribution in [3.63, 3.8) is 0 Å². The molecule has 1 saturated heterocycles. The topological polar surface area (TPSA) is 93.0 Å². The van der Waals surface area contributed by atoms with Crippen molar-refractivity contribution in [2.24, 2.45) is 0 Å². The molecule has 0 unspecified atom stereocenters. The van der Waals surface area contributed by atoms with E-state index < -0.39 is 0 Å². The molecule has 8 heteroatoms. The molecule has 26 heavy (non-hydrogen) atoms. The van der Waals surface area contributed by atoms with Gasteiger partial charge in [-0.1, -0.05) is 36.8 Å². The van der Waals surface area contributed by atoms with Crippen LogP contribution in [0, 0.1) is 0 Å². The Morgan fingerprint density at radius 2 is 2.00 bits per heavy atom. The molecule has 8 nitrogen and oxygen atoms in total. The number of nitrogens with zero attached hydrogens (tertiary/aromatic N) is 5. The van der Waals surface area contributed by atoms with Crippen molar-refractivity contribution in [3.8, 4) is 11.4 Å². The third-order valence-corrected chi connectivity index (χ3v) is 4.37. The lowest BCUT2D eigenvalue weighted by Gasteiger charge is -2.20. The Morgan fingerprint density at radius 3 is 2.85 bits per heavy atom. The quantitative estimate of drug-likeness (QED) is 0.754. The first kappa shape index (κ1) is 18.0. The van der Waals surface area contributed by atoms with E-state index in [-0.39, 0.29) is 18.4 Å². The number of tetrazole rings is 1. The molecule has 3 rings (SSSR count). The number of rotatable bonds is 7. The first-order chi connectivity index (χ1) is 12.7. The molecular formula is C18H24N6O2. The summed E-state index contributed by atoms with van der Waals surface area (Å²) in [5, 5.41) is 15.0. The van der Waals surface area contributed by atoms with Gasteiger partial charge in [0.1, 0.15) is 6.54 Å². The number of carbonyl (C=O) groups excluding carboxylic acids is 2. The van der Waals surface area contributed by atoms with Crippen molar-refractivity contribution in [1.82, 2.24) is 30.4 Å². The first-order valence-corrected chi connectivity index (χ1v) is 9.10. The molecule has 1 aromatic heterocycles. The largest absolute Gasteiger partial charge is 0.354 e. The number of carbonyl (C=O) groups is 2. The van der Waals surface area contributed by atoms with Crippen molar-refractivity contribution in [2.45, 2.75) is 38.6 Å². The van der Waals surface area contributed by atoms with Crippen molar-refractivity contribution in [2.75, 3.05) is 19.6 Å². The highest BCUT2D eigenvalue weighted by molar-refractivity contribution is 5.76. The zero-order valence-electron chi connectivity index (χ0n) is 14.8. The summed E-state index contributed by atoms with van der Waals surface area (Å²) < 4.78 is 0. The van der Waals surface area contributed by atoms with Crippen LogP contribution in [0.1, 0.15) is 32.1 Å². The third kappa shape index (κ3) is 5.11. The van der Waals surface area contributed by atoms with Crippen molar-refractivity contribution in [3.05, 3.63) is 30.3 Å². The molecule has 1 aliphatic heterocycles. The summed E-state index contributed by atoms with van der Waals surface area (Å²) in [5.74, 6) is 0.566. The minimum atomic E-state index is -0.163. The number of aromatic nitrogens is 4. The zero-order valence-corrected chi connectivity index (χ0v) is 14.8. The monoisotopic (exact) mass is 356 g/mol. The molecule has 2 amide bonds. The Hall–Kier alpha value is -2.77. The Morgan fingerprint density at radius 1 is 1.15 bits per heavy atom. The van der Waals surface area contributed by atoms with Gasteiger partial charge >= 0.3 is 0 Å². The summed E-state index contributed by atoms with van der Waals surface area (Å²) in [6.07, 6.45) is 4.57. The molecule has 0 aliphatic carbocycles. The molecule has 2 aromatic rings. The number of hydrogen-bond acceptors (Lipinski definition) is 5. The summed E-state index contributed by atoms with van der Waals surface area (Å²) in [7, 11) is 0. The van der Waals surface area contributed by atoms with Gasteiger partial charge in [-0.25, -0.2) is 0 Å². The molecule has 1 aromatic carbocycles. The van der Waals surface area contributed by atoms with E-state index in [1.54, 1.807) is 0 Å². The maximum absolute atomic E-state index is 12.0. The molecule has 2 heterocycles. The van der Waals surface area contributed by atoms with Gasteiger partial charge in [0.25, 0.3) is 0 Å². The van der Waals surface area contributed by atoms with E-state index >= 15 is 0 Å². The average Bonchev–Trinajstić information content (AvgIpc) is 3.02. The normalized spacial score (nSPS) is 14.9. The van der Waals surface area contributed by atoms with E-state index in [2.05, 4.69) is 20.7 Å². The first-order valence-electron chi connectivity index (χ1n) is 9.10. The summed E-state index contributed by atoms with van der Waals surface area (Å²) in [4.78, 5) is 27.1. The maximum atomic E-state index is 12.0. The number of benzene rings is 1. The van der Waals surface area contributed by atoms with Crippen molar-refractivity contribution >= 4 is 11.8 Å². The lowest BCUT2D eigenvalue weighted by atomic mass is 10.2. The van der Waals surface area contributed by atoms with E-state index in [4.69, 9.17) is 0 Å². The van der Waals surface area contributed by atoms with Crippen molar-refractivity contribution in [1.29, 1.82) is 0 Å². The Balaban J connectivity index is 1.39. The van der Waals surface area contributed by atoms with E-state index in [9.17, 15) is 9.59 Å². The standard InChI is InChI=1S/C18H24N6O2/c25-16(19-11-7-13-23-12-6-2-5-10-17(23)26)14-24-21-18(20-22-24)15-8-3-1-4-9-15/h1,3-4,8-9H,2,5-7,10-14H2,(H,19,25). The van der Waals surface area contributed by atoms with Crippen LogP contribution in [0.15, 0.2) is 30.3 Å². The van der Waals surface area contributed by atoms with Crippen LogP contribution in [-0.4, -0.2) is 56.6 Å². The minimum absolute atomic E-state index is 0.0302. The highest BCUT2D eigenvalue weighted by atomic mass is 16.2.